The average molecular weight is 482 g/mol. The van der Waals surface area contributed by atoms with Gasteiger partial charge in [-0.15, -0.1) is 10.2 Å². The van der Waals surface area contributed by atoms with Gasteiger partial charge in [-0.2, -0.15) is 0 Å². The SMILES string of the molecule is O=C(O)C1(c2cccc(Sc3ccc4c(-c5ccccc5)cc5nncn5c4c3)c2)CCOCC1. The van der Waals surface area contributed by atoms with Gasteiger partial charge < -0.3 is 9.84 Å². The normalized spacial score (nSPS) is 15.4. The fraction of sp³-hybridized carbons (Fsp3) is 0.179. The van der Waals surface area contributed by atoms with Crippen molar-refractivity contribution in [3.05, 3.63) is 90.8 Å². The van der Waals surface area contributed by atoms with Crippen molar-refractivity contribution < 1.29 is 14.6 Å². The summed E-state index contributed by atoms with van der Waals surface area (Å²) in [4.78, 5) is 14.3. The highest BCUT2D eigenvalue weighted by molar-refractivity contribution is 7.99. The van der Waals surface area contributed by atoms with Gasteiger partial charge in [0.25, 0.3) is 0 Å². The third kappa shape index (κ3) is 3.87. The van der Waals surface area contributed by atoms with Gasteiger partial charge >= 0.3 is 5.97 Å². The molecule has 3 heterocycles. The Morgan fingerprint density at radius 2 is 1.74 bits per heavy atom. The summed E-state index contributed by atoms with van der Waals surface area (Å²) >= 11 is 1.63. The van der Waals surface area contributed by atoms with Crippen LogP contribution in [0, 0.1) is 0 Å². The molecule has 0 amide bonds. The minimum Gasteiger partial charge on any atom is -0.481 e. The van der Waals surface area contributed by atoms with Gasteiger partial charge in [0.15, 0.2) is 5.65 Å². The molecule has 3 aromatic carbocycles. The molecule has 0 spiro atoms. The van der Waals surface area contributed by atoms with Gasteiger partial charge in [0.1, 0.15) is 6.33 Å². The highest BCUT2D eigenvalue weighted by atomic mass is 32.2. The molecule has 1 fully saturated rings. The van der Waals surface area contributed by atoms with E-state index in [0.717, 1.165) is 43.0 Å². The standard InChI is InChI=1S/C28H23N3O3S/c32-27(33)28(11-13-34-14-12-28)20-7-4-8-21(15-20)35-22-9-10-23-24(19-5-2-1-3-6-19)17-26-30-29-18-31(26)25(23)16-22/h1-10,15-18H,11-14H2,(H,32,33). The number of aliphatic carboxylic acids is 1. The van der Waals surface area contributed by atoms with Crippen LogP contribution in [-0.2, 0) is 14.9 Å². The number of ether oxygens (including phenoxy) is 1. The Bertz CT molecular complexity index is 1540. The van der Waals surface area contributed by atoms with Crippen LogP contribution < -0.4 is 0 Å². The summed E-state index contributed by atoms with van der Waals surface area (Å²) in [5.74, 6) is -0.780. The molecule has 1 N–H and O–H groups in total. The molecule has 0 unspecified atom stereocenters. The summed E-state index contributed by atoms with van der Waals surface area (Å²) < 4.78 is 7.46. The zero-order chi connectivity index (χ0) is 23.8. The van der Waals surface area contributed by atoms with Crippen molar-refractivity contribution in [2.45, 2.75) is 28.0 Å². The second kappa shape index (κ2) is 8.83. The lowest BCUT2D eigenvalue weighted by molar-refractivity contribution is -0.147. The van der Waals surface area contributed by atoms with Crippen molar-refractivity contribution in [1.82, 2.24) is 14.6 Å². The molecule has 174 valence electrons. The Morgan fingerprint density at radius 3 is 2.54 bits per heavy atom. The minimum absolute atomic E-state index is 0.465. The molecule has 7 heteroatoms. The molecule has 35 heavy (non-hydrogen) atoms. The number of hydrogen-bond donors (Lipinski definition) is 1. The molecule has 0 saturated carbocycles. The molecule has 1 aliphatic heterocycles. The molecule has 2 aromatic heterocycles. The van der Waals surface area contributed by atoms with E-state index in [1.54, 1.807) is 18.1 Å². The van der Waals surface area contributed by atoms with E-state index in [2.05, 4.69) is 46.6 Å². The lowest BCUT2D eigenvalue weighted by atomic mass is 9.74. The summed E-state index contributed by atoms with van der Waals surface area (Å²) in [7, 11) is 0. The third-order valence-corrected chi connectivity index (χ3v) is 7.81. The van der Waals surface area contributed by atoms with Crippen LogP contribution in [0.15, 0.2) is 95.0 Å². The van der Waals surface area contributed by atoms with Crippen LogP contribution >= 0.6 is 11.8 Å². The summed E-state index contributed by atoms with van der Waals surface area (Å²) in [5, 5.41) is 19.6. The Labute approximate surface area is 206 Å². The molecule has 0 aliphatic carbocycles. The molecule has 0 radical (unpaired) electrons. The van der Waals surface area contributed by atoms with Gasteiger partial charge in [-0.3, -0.25) is 9.20 Å². The predicted molar refractivity (Wildman–Crippen MR) is 136 cm³/mol. The summed E-state index contributed by atoms with van der Waals surface area (Å²) in [6, 6.07) is 26.7. The monoisotopic (exact) mass is 481 g/mol. The van der Waals surface area contributed by atoms with Crippen LogP contribution in [0.3, 0.4) is 0 Å². The van der Waals surface area contributed by atoms with Crippen LogP contribution in [0.2, 0.25) is 0 Å². The maximum absolute atomic E-state index is 12.3. The number of carboxylic acids is 1. The van der Waals surface area contributed by atoms with E-state index in [9.17, 15) is 9.90 Å². The first-order chi connectivity index (χ1) is 17.1. The second-order valence-electron chi connectivity index (χ2n) is 8.79. The fourth-order valence-electron chi connectivity index (χ4n) is 4.93. The maximum atomic E-state index is 12.3. The van der Waals surface area contributed by atoms with Crippen LogP contribution in [0.1, 0.15) is 18.4 Å². The van der Waals surface area contributed by atoms with Crippen molar-refractivity contribution in [3.63, 3.8) is 0 Å². The number of pyridine rings is 1. The predicted octanol–water partition coefficient (Wildman–Crippen LogP) is 5.83. The van der Waals surface area contributed by atoms with E-state index in [4.69, 9.17) is 4.74 Å². The largest absolute Gasteiger partial charge is 0.481 e. The zero-order valence-electron chi connectivity index (χ0n) is 18.9. The molecule has 5 aromatic rings. The van der Waals surface area contributed by atoms with E-state index in [0.29, 0.717) is 26.1 Å². The smallest absolute Gasteiger partial charge is 0.314 e. The summed E-state index contributed by atoms with van der Waals surface area (Å²) in [6.07, 6.45) is 2.71. The molecule has 6 rings (SSSR count). The Balaban J connectivity index is 1.41. The van der Waals surface area contributed by atoms with Crippen LogP contribution in [0.25, 0.3) is 27.7 Å². The lowest BCUT2D eigenvalue weighted by Gasteiger charge is -2.33. The van der Waals surface area contributed by atoms with Gasteiger partial charge in [-0.1, -0.05) is 60.3 Å². The molecular weight excluding hydrogens is 458 g/mol. The number of nitrogens with zero attached hydrogens (tertiary/aromatic N) is 3. The van der Waals surface area contributed by atoms with Crippen molar-refractivity contribution >= 4 is 34.3 Å². The number of carboxylic acid groups (broad SMARTS) is 1. The molecule has 6 nitrogen and oxygen atoms in total. The first kappa shape index (κ1) is 21.8. The third-order valence-electron chi connectivity index (χ3n) is 6.83. The Hall–Kier alpha value is -3.68. The van der Waals surface area contributed by atoms with E-state index in [1.165, 1.54) is 0 Å². The summed E-state index contributed by atoms with van der Waals surface area (Å²) in [6.45, 7) is 0.931. The quantitative estimate of drug-likeness (QED) is 0.340. The number of carbonyl (C=O) groups is 1. The van der Waals surface area contributed by atoms with E-state index in [1.807, 2.05) is 46.9 Å². The Morgan fingerprint density at radius 1 is 0.943 bits per heavy atom. The van der Waals surface area contributed by atoms with Crippen molar-refractivity contribution in [3.8, 4) is 11.1 Å². The van der Waals surface area contributed by atoms with Crippen molar-refractivity contribution in [2.24, 2.45) is 0 Å². The molecular formula is C28H23N3O3S. The van der Waals surface area contributed by atoms with Gasteiger partial charge in [0.2, 0.25) is 0 Å². The zero-order valence-corrected chi connectivity index (χ0v) is 19.7. The number of rotatable bonds is 5. The van der Waals surface area contributed by atoms with Gasteiger partial charge in [0, 0.05) is 28.4 Å². The second-order valence-corrected chi connectivity index (χ2v) is 9.94. The summed E-state index contributed by atoms with van der Waals surface area (Å²) in [5.41, 5.74) is 4.01. The van der Waals surface area contributed by atoms with Gasteiger partial charge in [-0.05, 0) is 59.9 Å². The number of hydrogen-bond acceptors (Lipinski definition) is 5. The average Bonchev–Trinajstić information content (AvgIpc) is 3.38. The number of benzene rings is 3. The molecule has 1 saturated heterocycles. The lowest BCUT2D eigenvalue weighted by Crippen LogP contribution is -2.41. The van der Waals surface area contributed by atoms with E-state index < -0.39 is 11.4 Å². The van der Waals surface area contributed by atoms with Crippen molar-refractivity contribution in [1.29, 1.82) is 0 Å². The van der Waals surface area contributed by atoms with Gasteiger partial charge in [0.05, 0.1) is 10.9 Å². The maximum Gasteiger partial charge on any atom is 0.314 e. The number of fused-ring (bicyclic) bond motifs is 3. The van der Waals surface area contributed by atoms with Gasteiger partial charge in [-0.25, -0.2) is 0 Å². The Kier molecular flexibility index (Phi) is 5.51. The topological polar surface area (TPSA) is 76.7 Å². The highest BCUT2D eigenvalue weighted by Gasteiger charge is 2.42. The number of aromatic nitrogens is 3. The molecule has 0 atom stereocenters. The first-order valence-corrected chi connectivity index (χ1v) is 12.4. The minimum atomic E-state index is -0.891. The van der Waals surface area contributed by atoms with Crippen LogP contribution in [-0.4, -0.2) is 38.9 Å². The van der Waals surface area contributed by atoms with E-state index >= 15 is 0 Å². The van der Waals surface area contributed by atoms with Crippen molar-refractivity contribution in [2.75, 3.05) is 13.2 Å². The molecule has 1 aliphatic rings. The first-order valence-electron chi connectivity index (χ1n) is 11.6. The highest BCUT2D eigenvalue weighted by Crippen LogP contribution is 2.39. The fourth-order valence-corrected chi connectivity index (χ4v) is 5.84. The van der Waals surface area contributed by atoms with Crippen LogP contribution in [0.4, 0.5) is 0 Å². The van der Waals surface area contributed by atoms with Crippen LogP contribution in [0.5, 0.6) is 0 Å². The van der Waals surface area contributed by atoms with E-state index in [-0.39, 0.29) is 0 Å². The molecule has 0 bridgehead atoms.